The highest BCUT2D eigenvalue weighted by atomic mass is 35.5. The monoisotopic (exact) mass is 538 g/mol. The molecular formula is C33H51ClN4. The molecule has 1 N–H and O–H groups in total. The molecule has 0 aliphatic rings. The van der Waals surface area contributed by atoms with E-state index in [4.69, 9.17) is 0 Å². The summed E-state index contributed by atoms with van der Waals surface area (Å²) in [5.74, 6) is 0.955. The molecule has 1 atom stereocenters. The Balaban J connectivity index is 0.000000562. The van der Waals surface area contributed by atoms with Crippen molar-refractivity contribution in [2.45, 2.75) is 107 Å². The maximum absolute atomic E-state index is 4.68. The lowest BCUT2D eigenvalue weighted by Gasteiger charge is -2.06. The minimum absolute atomic E-state index is 0. The summed E-state index contributed by atoms with van der Waals surface area (Å²) >= 11 is 0. The van der Waals surface area contributed by atoms with Gasteiger partial charge in [0.25, 0.3) is 0 Å². The first kappa shape index (κ1) is 33.4. The Kier molecular flexibility index (Phi) is 15.0. The third-order valence-corrected chi connectivity index (χ3v) is 7.11. The summed E-state index contributed by atoms with van der Waals surface area (Å²) in [5.41, 5.74) is 7.79. The first-order valence-electron chi connectivity index (χ1n) is 14.2. The van der Waals surface area contributed by atoms with Crippen LogP contribution >= 0.6 is 12.4 Å². The average molecular weight is 539 g/mol. The number of unbranched alkanes of at least 4 members (excludes halogenated alkanes) is 3. The van der Waals surface area contributed by atoms with Gasteiger partial charge in [0, 0.05) is 22.2 Å². The van der Waals surface area contributed by atoms with E-state index in [1.54, 1.807) is 0 Å². The Hall–Kier alpha value is -2.59. The van der Waals surface area contributed by atoms with Gasteiger partial charge in [0.15, 0.2) is 0 Å². The number of aromatic nitrogens is 3. The molecule has 1 aromatic carbocycles. The van der Waals surface area contributed by atoms with Crippen molar-refractivity contribution in [2.75, 3.05) is 0 Å². The predicted octanol–water partition coefficient (Wildman–Crippen LogP) is 8.79. The van der Waals surface area contributed by atoms with Gasteiger partial charge in [-0.2, -0.15) is 5.10 Å². The molecule has 0 aliphatic heterocycles. The Morgan fingerprint density at radius 1 is 1.00 bits per heavy atom. The third-order valence-electron chi connectivity index (χ3n) is 7.11. The van der Waals surface area contributed by atoms with Gasteiger partial charge in [0.2, 0.25) is 0 Å². The zero-order valence-electron chi connectivity index (χ0n) is 25.3. The van der Waals surface area contributed by atoms with Gasteiger partial charge < -0.3 is 4.98 Å². The van der Waals surface area contributed by atoms with Crippen molar-refractivity contribution in [1.29, 1.82) is 0 Å². The van der Waals surface area contributed by atoms with Crippen LogP contribution in [0.15, 0.2) is 47.6 Å². The second kappa shape index (κ2) is 17.1. The van der Waals surface area contributed by atoms with Crippen molar-refractivity contribution in [3.63, 3.8) is 0 Å². The standard InChI is InChI=1S/C23H28N4.C10H22.ClH/c1-7-16(4)20-13-22(26-23(20)17(5)25-15(2)3)21-14-24-27(18(21)6)19-11-9-8-10-12-19;1-4-6-7-8-9-10(3)5-2;/h8-14,26H,7H2,1-6H3;10H,4-9H2,1-3H3;1H/b20-16+,23-17+;;. The predicted molar refractivity (Wildman–Crippen MR) is 170 cm³/mol. The normalized spacial score (nSPS) is 13.1. The molecular weight excluding hydrogens is 488 g/mol. The van der Waals surface area contributed by atoms with E-state index in [-0.39, 0.29) is 12.4 Å². The van der Waals surface area contributed by atoms with Gasteiger partial charge in [-0.25, -0.2) is 4.68 Å². The second-order valence-electron chi connectivity index (χ2n) is 10.5. The maximum atomic E-state index is 4.68. The van der Waals surface area contributed by atoms with Crippen LogP contribution in [-0.2, 0) is 0 Å². The molecule has 0 fully saturated rings. The molecule has 0 spiro atoms. The lowest BCUT2D eigenvalue weighted by molar-refractivity contribution is 0.477. The third kappa shape index (κ3) is 9.62. The van der Waals surface area contributed by atoms with Crippen LogP contribution in [0, 0.1) is 12.8 Å². The number of rotatable bonds is 10. The SMILES string of the molecule is CC/C(C)=c1\cc(-c2cnn(-c3ccccc3)c2C)[nH]\c1=C(/C)N=C(C)C.CCCCCCC(C)CC.Cl. The molecule has 0 saturated heterocycles. The number of hydrogen-bond acceptors (Lipinski definition) is 2. The van der Waals surface area contributed by atoms with Crippen LogP contribution in [0.3, 0.4) is 0 Å². The summed E-state index contributed by atoms with van der Waals surface area (Å²) < 4.78 is 1.98. The second-order valence-corrected chi connectivity index (χ2v) is 10.5. The smallest absolute Gasteiger partial charge is 0.0673 e. The highest BCUT2D eigenvalue weighted by Crippen LogP contribution is 2.22. The van der Waals surface area contributed by atoms with Crippen LogP contribution in [-0.4, -0.2) is 20.5 Å². The van der Waals surface area contributed by atoms with Gasteiger partial charge in [-0.1, -0.05) is 90.0 Å². The van der Waals surface area contributed by atoms with E-state index < -0.39 is 0 Å². The van der Waals surface area contributed by atoms with Crippen LogP contribution < -0.4 is 10.6 Å². The van der Waals surface area contributed by atoms with Gasteiger partial charge in [-0.05, 0) is 65.2 Å². The lowest BCUT2D eigenvalue weighted by Crippen LogP contribution is -2.26. The molecule has 2 aromatic heterocycles. The van der Waals surface area contributed by atoms with Crippen molar-refractivity contribution in [3.05, 3.63) is 58.9 Å². The lowest BCUT2D eigenvalue weighted by atomic mass is 10.0. The molecule has 0 radical (unpaired) electrons. The highest BCUT2D eigenvalue weighted by molar-refractivity contribution is 5.85. The largest absolute Gasteiger partial charge is 0.353 e. The number of aliphatic imine (C=N–C) groups is 1. The molecule has 38 heavy (non-hydrogen) atoms. The molecule has 5 heteroatoms. The number of hydrogen-bond donors (Lipinski definition) is 1. The molecule has 210 valence electrons. The number of benzene rings is 1. The number of H-pyrrole nitrogens is 1. The van der Waals surface area contributed by atoms with Gasteiger partial charge in [-0.15, -0.1) is 12.4 Å². The summed E-state index contributed by atoms with van der Waals surface area (Å²) in [4.78, 5) is 8.28. The van der Waals surface area contributed by atoms with Crippen molar-refractivity contribution in [1.82, 2.24) is 14.8 Å². The molecule has 3 aromatic rings. The van der Waals surface area contributed by atoms with Gasteiger partial charge in [0.1, 0.15) is 0 Å². The number of para-hydroxylation sites is 1. The molecule has 0 saturated carbocycles. The van der Waals surface area contributed by atoms with Crippen LogP contribution in [0.4, 0.5) is 0 Å². The van der Waals surface area contributed by atoms with Crippen molar-refractivity contribution in [2.24, 2.45) is 10.9 Å². The molecule has 0 amide bonds. The van der Waals surface area contributed by atoms with E-state index in [1.165, 1.54) is 49.3 Å². The number of halogens is 1. The maximum Gasteiger partial charge on any atom is 0.0673 e. The van der Waals surface area contributed by atoms with Crippen LogP contribution in [0.1, 0.15) is 106 Å². The Bertz CT molecular complexity index is 1240. The summed E-state index contributed by atoms with van der Waals surface area (Å²) in [6.07, 6.45) is 11.4. The van der Waals surface area contributed by atoms with E-state index in [0.29, 0.717) is 0 Å². The van der Waals surface area contributed by atoms with Crippen molar-refractivity contribution < 1.29 is 0 Å². The average Bonchev–Trinajstić information content (AvgIpc) is 3.50. The van der Waals surface area contributed by atoms with E-state index in [9.17, 15) is 0 Å². The summed E-state index contributed by atoms with van der Waals surface area (Å²) in [6, 6.07) is 12.5. The van der Waals surface area contributed by atoms with E-state index in [2.05, 4.69) is 81.7 Å². The molecule has 1 unspecified atom stereocenters. The van der Waals surface area contributed by atoms with Crippen LogP contribution in [0.5, 0.6) is 0 Å². The number of nitrogens with one attached hydrogen (secondary N) is 1. The van der Waals surface area contributed by atoms with Gasteiger partial charge in [-0.3, -0.25) is 4.99 Å². The highest BCUT2D eigenvalue weighted by Gasteiger charge is 2.12. The van der Waals surface area contributed by atoms with E-state index in [1.807, 2.05) is 42.9 Å². The van der Waals surface area contributed by atoms with Crippen LogP contribution in [0.25, 0.3) is 28.2 Å². The summed E-state index contributed by atoms with van der Waals surface area (Å²) in [7, 11) is 0. The van der Waals surface area contributed by atoms with E-state index >= 15 is 0 Å². The zero-order chi connectivity index (χ0) is 27.4. The summed E-state index contributed by atoms with van der Waals surface area (Å²) in [6.45, 7) is 19.5. The number of nitrogens with zero attached hydrogens (tertiary/aromatic N) is 3. The van der Waals surface area contributed by atoms with Gasteiger partial charge in [0.05, 0.1) is 28.6 Å². The molecule has 3 rings (SSSR count). The van der Waals surface area contributed by atoms with Gasteiger partial charge >= 0.3 is 0 Å². The molecule has 2 heterocycles. The first-order valence-corrected chi connectivity index (χ1v) is 14.2. The molecule has 0 bridgehead atoms. The molecule has 4 nitrogen and oxygen atoms in total. The Morgan fingerprint density at radius 2 is 1.68 bits per heavy atom. The minimum Gasteiger partial charge on any atom is -0.353 e. The fraction of sp³-hybridized carbons (Fsp3) is 0.515. The first-order chi connectivity index (χ1) is 17.7. The zero-order valence-corrected chi connectivity index (χ0v) is 26.1. The minimum atomic E-state index is 0. The Labute approximate surface area is 237 Å². The Morgan fingerprint density at radius 3 is 2.26 bits per heavy atom. The van der Waals surface area contributed by atoms with Crippen LogP contribution in [0.2, 0.25) is 0 Å². The van der Waals surface area contributed by atoms with Crippen molar-refractivity contribution in [3.8, 4) is 16.9 Å². The topological polar surface area (TPSA) is 46.0 Å². The number of aromatic amines is 1. The van der Waals surface area contributed by atoms with E-state index in [0.717, 1.165) is 51.7 Å². The fourth-order valence-corrected chi connectivity index (χ4v) is 4.43. The van der Waals surface area contributed by atoms with Crippen molar-refractivity contribution >= 4 is 29.4 Å². The summed E-state index contributed by atoms with van der Waals surface area (Å²) in [5, 5.41) is 6.95. The quantitative estimate of drug-likeness (QED) is 0.203. The fourth-order valence-electron chi connectivity index (χ4n) is 4.43. The molecule has 0 aliphatic carbocycles.